The average Bonchev–Trinajstić information content (AvgIpc) is 3.18. The van der Waals surface area contributed by atoms with Gasteiger partial charge in [0, 0.05) is 0 Å². The van der Waals surface area contributed by atoms with Gasteiger partial charge in [-0.05, 0) is 57.1 Å². The number of halogens is 3. The Labute approximate surface area is 424 Å². The van der Waals surface area contributed by atoms with Gasteiger partial charge in [-0.25, -0.2) is 0 Å². The molecule has 4 aromatic rings. The summed E-state index contributed by atoms with van der Waals surface area (Å²) in [4.78, 5) is 0. The molecule has 344 valence electrons. The molecule has 0 fully saturated rings. The van der Waals surface area contributed by atoms with Crippen molar-refractivity contribution in [1.82, 2.24) is 0 Å². The zero-order valence-electron chi connectivity index (χ0n) is 44.9. The van der Waals surface area contributed by atoms with Crippen LogP contribution in [0.2, 0.25) is 118 Å². The summed E-state index contributed by atoms with van der Waals surface area (Å²) in [5.74, 6) is 0. The monoisotopic (exact) mass is 1050 g/mol. The van der Waals surface area contributed by atoms with Gasteiger partial charge in [0.25, 0.3) is 0 Å². The van der Waals surface area contributed by atoms with Gasteiger partial charge in [-0.15, -0.1) is 0 Å². The second-order valence-electron chi connectivity index (χ2n) is 24.9. The van der Waals surface area contributed by atoms with Crippen LogP contribution >= 0.6 is 0 Å². The molecule has 0 nitrogen and oxygen atoms in total. The maximum Gasteiger partial charge on any atom is 4.00 e. The van der Waals surface area contributed by atoms with E-state index in [2.05, 4.69) is 205 Å². The molecule has 0 bridgehead atoms. The Morgan fingerprint density at radius 2 is 0.516 bits per heavy atom. The molecule has 0 unspecified atom stereocenters. The quantitative estimate of drug-likeness (QED) is 0.121. The van der Waals surface area contributed by atoms with E-state index in [4.69, 9.17) is 0 Å². The first-order chi connectivity index (χ1) is 25.8. The van der Waals surface area contributed by atoms with E-state index < -0.39 is 56.5 Å². The average molecular weight is 1050 g/mol. The molecule has 0 aliphatic carbocycles. The largest absolute Gasteiger partial charge is 4.00 e. The minimum atomic E-state index is -3.13. The Morgan fingerprint density at radius 1 is 0.306 bits per heavy atom. The Balaban J connectivity index is 0.00000930. The SMILES string of the molecule is Cc1c([Si](C)(C)C)cc([Si](c2cc([Si](C)(C)C)c(C)c([Si](C)(C)C)c2C)(c2cc([Si](C)(C)C)c(C)c([Si](C)(C)C)c2C)c2c(C)c(C)c(C)[c-]2C)c(C)c1[Si](C)(C)C.[Cl-].[Cl-].[Cl-].[Ti+4]. The van der Waals surface area contributed by atoms with Gasteiger partial charge in [-0.1, -0.05) is 228 Å². The summed E-state index contributed by atoms with van der Waals surface area (Å²) in [5.41, 5.74) is 15.8. The fourth-order valence-corrected chi connectivity index (χ4v) is 32.8. The summed E-state index contributed by atoms with van der Waals surface area (Å²) in [6.45, 7) is 72.5. The molecule has 0 heterocycles. The van der Waals surface area contributed by atoms with Crippen molar-refractivity contribution in [3.8, 4) is 0 Å². The van der Waals surface area contributed by atoms with Crippen LogP contribution in [0.3, 0.4) is 0 Å². The van der Waals surface area contributed by atoms with Crippen LogP contribution in [0.5, 0.6) is 0 Å². The first-order valence-corrected chi connectivity index (χ1v) is 45.5. The molecule has 4 rings (SSSR count). The van der Waals surface area contributed by atoms with Crippen molar-refractivity contribution in [3.05, 3.63) is 73.8 Å². The molecular formula is C51H87Cl3Si7Ti. The summed E-state index contributed by atoms with van der Waals surface area (Å²) in [6, 6.07) is 8.69. The standard InChI is InChI=1S/C51H87Si7.3ClH.Ti/c1-32-33(2)35(4)51(34(32)3)58(45-29-42(52(11,12)13)36(5)48(39(45)8)55(20,21)22,46-30-43(53(14,15)16)37(6)49(40(46)9)56(23,24)25)47-31-44(54(17,18)19)38(7)50(41(47)10)57(26,27)28;;;;/h29-31H,1-28H3;3*1H;/q-1;;;;+4/p-3. The van der Waals surface area contributed by atoms with E-state index in [1.54, 1.807) is 96.4 Å². The van der Waals surface area contributed by atoms with Gasteiger partial charge >= 0.3 is 21.7 Å². The van der Waals surface area contributed by atoms with Gasteiger partial charge in [0.15, 0.2) is 8.07 Å². The maximum atomic E-state index is 2.90. The molecule has 0 spiro atoms. The predicted molar refractivity (Wildman–Crippen MR) is 291 cm³/mol. The summed E-state index contributed by atoms with van der Waals surface area (Å²) >= 11 is 0. The number of hydrogen-bond donors (Lipinski definition) is 0. The van der Waals surface area contributed by atoms with E-state index in [-0.39, 0.29) is 58.9 Å². The molecule has 0 amide bonds. The fraction of sp³-hybridized carbons (Fsp3) is 0.549. The van der Waals surface area contributed by atoms with Crippen LogP contribution < -0.4 is 89.1 Å². The Kier molecular flexibility index (Phi) is 20.0. The summed E-state index contributed by atoms with van der Waals surface area (Å²) < 4.78 is 0. The van der Waals surface area contributed by atoms with E-state index in [0.717, 1.165) is 0 Å². The molecule has 0 aromatic heterocycles. The summed E-state index contributed by atoms with van der Waals surface area (Å²) in [6.07, 6.45) is 0. The topological polar surface area (TPSA) is 0 Å². The van der Waals surface area contributed by atoms with Crippen molar-refractivity contribution in [2.75, 3.05) is 0 Å². The van der Waals surface area contributed by atoms with Gasteiger partial charge < -0.3 is 37.2 Å². The van der Waals surface area contributed by atoms with Gasteiger partial charge in [0.1, 0.15) is 0 Å². The number of benzene rings is 3. The molecule has 4 aromatic carbocycles. The van der Waals surface area contributed by atoms with Crippen LogP contribution in [-0.4, -0.2) is 56.5 Å². The van der Waals surface area contributed by atoms with E-state index in [9.17, 15) is 0 Å². The number of hydrogen-bond acceptors (Lipinski definition) is 0. The van der Waals surface area contributed by atoms with Gasteiger partial charge in [-0.3, -0.25) is 0 Å². The number of rotatable bonds is 10. The van der Waals surface area contributed by atoms with Crippen LogP contribution in [0.1, 0.15) is 55.6 Å². The molecule has 0 saturated carbocycles. The van der Waals surface area contributed by atoms with Crippen molar-refractivity contribution < 1.29 is 58.9 Å². The van der Waals surface area contributed by atoms with Crippen LogP contribution in [0.15, 0.2) is 18.2 Å². The summed E-state index contributed by atoms with van der Waals surface area (Å²) in [5, 5.41) is 17.1. The summed E-state index contributed by atoms with van der Waals surface area (Å²) in [7, 11) is -14.0. The molecule has 62 heavy (non-hydrogen) atoms. The van der Waals surface area contributed by atoms with Crippen LogP contribution in [-0.2, 0) is 21.7 Å². The fourth-order valence-electron chi connectivity index (χ4n) is 12.2. The van der Waals surface area contributed by atoms with E-state index >= 15 is 0 Å². The molecule has 11 heteroatoms. The van der Waals surface area contributed by atoms with Crippen molar-refractivity contribution in [2.24, 2.45) is 0 Å². The van der Waals surface area contributed by atoms with Crippen molar-refractivity contribution in [1.29, 1.82) is 0 Å². The third kappa shape index (κ3) is 10.7. The second-order valence-corrected chi connectivity index (χ2v) is 58.6. The normalized spacial score (nSPS) is 13.0. The van der Waals surface area contributed by atoms with Crippen LogP contribution in [0, 0.1) is 69.2 Å². The molecular weight excluding hydrogens is 963 g/mol. The van der Waals surface area contributed by atoms with E-state index in [0.29, 0.717) is 0 Å². The zero-order valence-corrected chi connectivity index (χ0v) is 55.7. The van der Waals surface area contributed by atoms with Gasteiger partial charge in [0.05, 0.1) is 48.4 Å². The first kappa shape index (κ1) is 62.1. The minimum absolute atomic E-state index is 0. The van der Waals surface area contributed by atoms with Crippen LogP contribution in [0.25, 0.3) is 0 Å². The minimum Gasteiger partial charge on any atom is -1.00 e. The Hall–Kier alpha value is 0.112. The third-order valence-corrected chi connectivity index (χ3v) is 32.9. The molecule has 0 aliphatic heterocycles. The van der Waals surface area contributed by atoms with Crippen LogP contribution in [0.4, 0.5) is 0 Å². The van der Waals surface area contributed by atoms with Crippen molar-refractivity contribution in [3.63, 3.8) is 0 Å². The predicted octanol–water partition coefficient (Wildman–Crippen LogP) is 0.148. The van der Waals surface area contributed by atoms with Gasteiger partial charge in [0.2, 0.25) is 0 Å². The molecule has 0 saturated heterocycles. The maximum absolute atomic E-state index is 3.13. The van der Waals surface area contributed by atoms with Crippen molar-refractivity contribution >= 4 is 108 Å². The Morgan fingerprint density at radius 3 is 0.677 bits per heavy atom. The molecule has 0 radical (unpaired) electrons. The van der Waals surface area contributed by atoms with E-state index in [1.807, 2.05) is 0 Å². The smallest absolute Gasteiger partial charge is 1.00 e. The Bertz CT molecular complexity index is 2060. The molecule has 0 atom stereocenters. The molecule has 0 N–H and O–H groups in total. The van der Waals surface area contributed by atoms with E-state index in [1.165, 1.54) is 11.1 Å². The first-order valence-electron chi connectivity index (χ1n) is 22.5. The second kappa shape index (κ2) is 20.0. The van der Waals surface area contributed by atoms with Gasteiger partial charge in [-0.2, -0.15) is 27.4 Å². The van der Waals surface area contributed by atoms with Crippen molar-refractivity contribution in [2.45, 2.75) is 187 Å². The zero-order chi connectivity index (χ0) is 45.2. The third-order valence-electron chi connectivity index (χ3n) is 14.2. The molecule has 0 aliphatic rings.